The fourth-order valence-electron chi connectivity index (χ4n) is 2.03. The van der Waals surface area contributed by atoms with Gasteiger partial charge in [0.1, 0.15) is 5.41 Å². The van der Waals surface area contributed by atoms with Crippen molar-refractivity contribution in [3.8, 4) is 0 Å². The lowest BCUT2D eigenvalue weighted by molar-refractivity contribution is -0.158. The van der Waals surface area contributed by atoms with Crippen LogP contribution in [0.4, 0.5) is 0 Å². The van der Waals surface area contributed by atoms with Crippen LogP contribution in [0.2, 0.25) is 0 Å². The maximum absolute atomic E-state index is 11.9. The van der Waals surface area contributed by atoms with Gasteiger partial charge in [-0.3, -0.25) is 9.59 Å². The van der Waals surface area contributed by atoms with Crippen molar-refractivity contribution in [3.05, 3.63) is 11.1 Å². The van der Waals surface area contributed by atoms with Crippen molar-refractivity contribution in [2.24, 2.45) is 5.41 Å². The number of esters is 1. The maximum Gasteiger partial charge on any atom is 0.319 e. The van der Waals surface area contributed by atoms with Gasteiger partial charge in [0.2, 0.25) is 0 Å². The second kappa shape index (κ2) is 5.48. The van der Waals surface area contributed by atoms with Gasteiger partial charge in [0, 0.05) is 11.5 Å². The molecule has 0 aromatic heterocycles. The number of allylic oxidation sites excluding steroid dienone is 2. The molecule has 1 saturated carbocycles. The molecule has 0 saturated heterocycles. The molecule has 0 bridgehead atoms. The van der Waals surface area contributed by atoms with E-state index in [1.54, 1.807) is 19.9 Å². The first kappa shape index (κ1) is 13.2. The van der Waals surface area contributed by atoms with Crippen LogP contribution in [0.15, 0.2) is 11.1 Å². The van der Waals surface area contributed by atoms with Gasteiger partial charge in [-0.05, 0) is 33.1 Å². The highest BCUT2D eigenvalue weighted by Gasteiger charge is 2.48. The molecule has 1 aliphatic rings. The van der Waals surface area contributed by atoms with Crippen molar-refractivity contribution in [2.45, 2.75) is 39.5 Å². The third-order valence-electron chi connectivity index (χ3n) is 2.94. The first-order valence-corrected chi connectivity index (χ1v) is 5.93. The van der Waals surface area contributed by atoms with Crippen molar-refractivity contribution >= 4 is 23.4 Å². The molecule has 90 valence electrons. The van der Waals surface area contributed by atoms with Crippen LogP contribution < -0.4 is 0 Å². The average molecular weight is 245 g/mol. The van der Waals surface area contributed by atoms with Crippen LogP contribution >= 0.6 is 11.6 Å². The molecule has 16 heavy (non-hydrogen) atoms. The molecule has 4 heteroatoms. The van der Waals surface area contributed by atoms with Crippen molar-refractivity contribution in [1.82, 2.24) is 0 Å². The predicted octanol–water partition coefficient (Wildman–Crippen LogP) is 2.82. The molecular weight excluding hydrogens is 228 g/mol. The Balaban J connectivity index is 2.89. The summed E-state index contributed by atoms with van der Waals surface area (Å²) >= 11 is 5.75. The lowest BCUT2D eigenvalue weighted by Gasteiger charge is -2.23. The summed E-state index contributed by atoms with van der Waals surface area (Å²) in [7, 11) is 0. The molecule has 1 rings (SSSR count). The fourth-order valence-corrected chi connectivity index (χ4v) is 2.11. The summed E-state index contributed by atoms with van der Waals surface area (Å²) in [6.45, 7) is 3.78. The van der Waals surface area contributed by atoms with E-state index in [0.717, 1.165) is 6.42 Å². The summed E-state index contributed by atoms with van der Waals surface area (Å²) < 4.78 is 5.00. The molecule has 0 aromatic rings. The molecule has 0 unspecified atom stereocenters. The molecule has 1 fully saturated rings. The molecule has 0 aliphatic heterocycles. The van der Waals surface area contributed by atoms with Crippen molar-refractivity contribution in [3.63, 3.8) is 0 Å². The Labute approximate surface area is 101 Å². The normalized spacial score (nSPS) is 25.9. The quantitative estimate of drug-likeness (QED) is 0.564. The topological polar surface area (TPSA) is 43.4 Å². The molecule has 0 aromatic carbocycles. The van der Waals surface area contributed by atoms with E-state index < -0.39 is 11.4 Å². The van der Waals surface area contributed by atoms with E-state index >= 15 is 0 Å². The highest BCUT2D eigenvalue weighted by molar-refractivity contribution is 6.29. The summed E-state index contributed by atoms with van der Waals surface area (Å²) in [5.74, 6) is -0.410. The Morgan fingerprint density at radius 1 is 1.62 bits per heavy atom. The summed E-state index contributed by atoms with van der Waals surface area (Å²) in [6, 6.07) is 0. The number of carbonyl (C=O) groups excluding carboxylic acids is 2. The van der Waals surface area contributed by atoms with E-state index in [0.29, 0.717) is 30.9 Å². The number of ketones is 1. The summed E-state index contributed by atoms with van der Waals surface area (Å²) in [5.41, 5.74) is -0.966. The molecule has 0 heterocycles. The molecule has 1 atom stereocenters. The van der Waals surface area contributed by atoms with Gasteiger partial charge in [-0.25, -0.2) is 0 Å². The molecule has 0 N–H and O–H groups in total. The Morgan fingerprint density at radius 3 is 2.75 bits per heavy atom. The number of ether oxygens (including phenoxy) is 1. The third-order valence-corrected chi connectivity index (χ3v) is 3.09. The second-order valence-electron chi connectivity index (χ2n) is 4.07. The standard InChI is InChI=1S/C12H17ClO3/c1-3-16-11(15)12(8-6-9(2)13)7-4-5-10(12)14/h6H,3-5,7-8H2,1-2H3/b9-6+/t12-/m0/s1. The van der Waals surface area contributed by atoms with Gasteiger partial charge in [0.25, 0.3) is 0 Å². The summed E-state index contributed by atoms with van der Waals surface area (Å²) in [5, 5.41) is 0.600. The van der Waals surface area contributed by atoms with E-state index in [1.165, 1.54) is 0 Å². The summed E-state index contributed by atoms with van der Waals surface area (Å²) in [4.78, 5) is 23.7. The van der Waals surface area contributed by atoms with E-state index in [2.05, 4.69) is 0 Å². The first-order valence-electron chi connectivity index (χ1n) is 5.55. The van der Waals surface area contributed by atoms with Crippen LogP contribution in [0.25, 0.3) is 0 Å². The SMILES string of the molecule is CCOC(=O)[C@]1(C/C=C(\C)Cl)CCCC1=O. The number of hydrogen-bond acceptors (Lipinski definition) is 3. The zero-order valence-corrected chi connectivity index (χ0v) is 10.5. The van der Waals surface area contributed by atoms with Gasteiger partial charge in [0.05, 0.1) is 6.61 Å². The van der Waals surface area contributed by atoms with Gasteiger partial charge < -0.3 is 4.74 Å². The number of halogens is 1. The molecule has 0 amide bonds. The minimum Gasteiger partial charge on any atom is -0.465 e. The van der Waals surface area contributed by atoms with E-state index in [1.807, 2.05) is 0 Å². The van der Waals surface area contributed by atoms with E-state index in [4.69, 9.17) is 16.3 Å². The predicted molar refractivity (Wildman–Crippen MR) is 62.2 cm³/mol. The van der Waals surface area contributed by atoms with Crippen molar-refractivity contribution in [1.29, 1.82) is 0 Å². The second-order valence-corrected chi connectivity index (χ2v) is 4.67. The highest BCUT2D eigenvalue weighted by atomic mass is 35.5. The van der Waals surface area contributed by atoms with Crippen LogP contribution in [-0.4, -0.2) is 18.4 Å². The molecule has 3 nitrogen and oxygen atoms in total. The van der Waals surface area contributed by atoms with Gasteiger partial charge in [-0.2, -0.15) is 0 Å². The largest absolute Gasteiger partial charge is 0.465 e. The third kappa shape index (κ3) is 2.64. The van der Waals surface area contributed by atoms with Gasteiger partial charge in [-0.1, -0.05) is 17.7 Å². The Hall–Kier alpha value is -0.830. The Bertz CT molecular complexity index is 318. The lowest BCUT2D eigenvalue weighted by atomic mass is 9.81. The molecule has 0 radical (unpaired) electrons. The fraction of sp³-hybridized carbons (Fsp3) is 0.667. The average Bonchev–Trinajstić information content (AvgIpc) is 2.58. The lowest BCUT2D eigenvalue weighted by Crippen LogP contribution is -2.36. The van der Waals surface area contributed by atoms with Crippen LogP contribution in [0.3, 0.4) is 0 Å². The zero-order chi connectivity index (χ0) is 12.2. The van der Waals surface area contributed by atoms with E-state index in [-0.39, 0.29) is 5.78 Å². The van der Waals surface area contributed by atoms with Gasteiger partial charge >= 0.3 is 5.97 Å². The van der Waals surface area contributed by atoms with Crippen LogP contribution in [-0.2, 0) is 14.3 Å². The Kier molecular flexibility index (Phi) is 4.54. The van der Waals surface area contributed by atoms with Crippen LogP contribution in [0.5, 0.6) is 0 Å². The number of Topliss-reactive ketones (excluding diaryl/α,β-unsaturated/α-hetero) is 1. The van der Waals surface area contributed by atoms with Gasteiger partial charge in [0.15, 0.2) is 5.78 Å². The minimum atomic E-state index is -0.966. The van der Waals surface area contributed by atoms with Crippen LogP contribution in [0, 0.1) is 5.41 Å². The molecular formula is C12H17ClO3. The first-order chi connectivity index (χ1) is 7.53. The molecule has 0 spiro atoms. The summed E-state index contributed by atoms with van der Waals surface area (Å²) in [6.07, 6.45) is 3.88. The number of carbonyl (C=O) groups is 2. The number of hydrogen-bond donors (Lipinski definition) is 0. The smallest absolute Gasteiger partial charge is 0.319 e. The van der Waals surface area contributed by atoms with E-state index in [9.17, 15) is 9.59 Å². The zero-order valence-electron chi connectivity index (χ0n) is 9.72. The van der Waals surface area contributed by atoms with Crippen LogP contribution in [0.1, 0.15) is 39.5 Å². The monoisotopic (exact) mass is 244 g/mol. The molecule has 1 aliphatic carbocycles. The number of rotatable bonds is 4. The minimum absolute atomic E-state index is 0.0138. The maximum atomic E-state index is 11.9. The highest BCUT2D eigenvalue weighted by Crippen LogP contribution is 2.40. The van der Waals surface area contributed by atoms with Crippen molar-refractivity contribution < 1.29 is 14.3 Å². The Morgan fingerprint density at radius 2 is 2.31 bits per heavy atom. The van der Waals surface area contributed by atoms with Crippen molar-refractivity contribution in [2.75, 3.05) is 6.61 Å². The van der Waals surface area contributed by atoms with Gasteiger partial charge in [-0.15, -0.1) is 0 Å².